The molecule has 1 aliphatic heterocycles. The van der Waals surface area contributed by atoms with E-state index in [4.69, 9.17) is 4.74 Å². The quantitative estimate of drug-likeness (QED) is 0.832. The third-order valence-corrected chi connectivity index (χ3v) is 3.60. The van der Waals surface area contributed by atoms with Crippen molar-refractivity contribution >= 4 is 0 Å². The van der Waals surface area contributed by atoms with Crippen LogP contribution in [-0.2, 0) is 12.8 Å². The van der Waals surface area contributed by atoms with Gasteiger partial charge in [0, 0.05) is 6.04 Å². The van der Waals surface area contributed by atoms with Crippen LogP contribution in [0.5, 0.6) is 5.75 Å². The Balaban J connectivity index is 1.93. The van der Waals surface area contributed by atoms with Crippen molar-refractivity contribution in [2.75, 3.05) is 13.2 Å². The van der Waals surface area contributed by atoms with Crippen LogP contribution in [0, 0.1) is 0 Å². The lowest BCUT2D eigenvalue weighted by Gasteiger charge is -2.21. The Bertz CT molecular complexity index is 375. The molecular weight excluding hydrogens is 222 g/mol. The molecule has 1 aromatic carbocycles. The van der Waals surface area contributed by atoms with E-state index in [0.717, 1.165) is 26.0 Å². The van der Waals surface area contributed by atoms with Crippen LogP contribution in [0.2, 0.25) is 0 Å². The molecule has 0 amide bonds. The highest BCUT2D eigenvalue weighted by atomic mass is 16.5. The summed E-state index contributed by atoms with van der Waals surface area (Å²) in [6.07, 6.45) is 5.83. The largest absolute Gasteiger partial charge is 0.493 e. The summed E-state index contributed by atoms with van der Waals surface area (Å²) in [4.78, 5) is 0. The molecule has 0 aromatic heterocycles. The second kappa shape index (κ2) is 6.79. The van der Waals surface area contributed by atoms with Crippen LogP contribution in [0.4, 0.5) is 0 Å². The molecule has 0 fully saturated rings. The average Bonchev–Trinajstić information content (AvgIpc) is 2.42. The summed E-state index contributed by atoms with van der Waals surface area (Å²) in [6, 6.07) is 7.19. The van der Waals surface area contributed by atoms with Gasteiger partial charge in [0.25, 0.3) is 0 Å². The van der Waals surface area contributed by atoms with Gasteiger partial charge >= 0.3 is 0 Å². The standard InChI is InChI=1S/C16H25NO/c1-3-11-17-13(2)9-10-15-7-4-6-14-8-5-12-18-16(14)15/h4,6-7,13,17H,3,5,8-12H2,1-2H3. The Labute approximate surface area is 111 Å². The first-order valence-electron chi connectivity index (χ1n) is 7.28. The van der Waals surface area contributed by atoms with E-state index in [2.05, 4.69) is 37.4 Å². The molecule has 1 heterocycles. The van der Waals surface area contributed by atoms with Gasteiger partial charge in [-0.2, -0.15) is 0 Å². The zero-order valence-electron chi connectivity index (χ0n) is 11.7. The lowest BCUT2D eigenvalue weighted by Crippen LogP contribution is -2.27. The maximum atomic E-state index is 5.85. The molecule has 1 N–H and O–H groups in total. The van der Waals surface area contributed by atoms with E-state index in [-0.39, 0.29) is 0 Å². The van der Waals surface area contributed by atoms with Crippen molar-refractivity contribution in [1.82, 2.24) is 5.32 Å². The van der Waals surface area contributed by atoms with E-state index in [1.807, 2.05) is 0 Å². The molecular formula is C16H25NO. The number of benzene rings is 1. The molecule has 2 nitrogen and oxygen atoms in total. The van der Waals surface area contributed by atoms with Crippen LogP contribution in [0.3, 0.4) is 0 Å². The predicted octanol–water partition coefficient (Wildman–Crippen LogP) is 3.33. The van der Waals surface area contributed by atoms with Gasteiger partial charge in [0.2, 0.25) is 0 Å². The van der Waals surface area contributed by atoms with Gasteiger partial charge in [0.1, 0.15) is 5.75 Å². The molecule has 0 bridgehead atoms. The summed E-state index contributed by atoms with van der Waals surface area (Å²) in [5.41, 5.74) is 2.78. The van der Waals surface area contributed by atoms with Crippen molar-refractivity contribution in [1.29, 1.82) is 0 Å². The fraction of sp³-hybridized carbons (Fsp3) is 0.625. The number of aryl methyl sites for hydroxylation is 2. The molecule has 0 saturated heterocycles. The molecule has 18 heavy (non-hydrogen) atoms. The first kappa shape index (κ1) is 13.4. The van der Waals surface area contributed by atoms with Crippen LogP contribution in [0.1, 0.15) is 44.2 Å². The second-order valence-corrected chi connectivity index (χ2v) is 5.25. The van der Waals surface area contributed by atoms with Gasteiger partial charge in [0.05, 0.1) is 6.61 Å². The van der Waals surface area contributed by atoms with Crippen molar-refractivity contribution in [3.05, 3.63) is 29.3 Å². The minimum absolute atomic E-state index is 0.587. The van der Waals surface area contributed by atoms with E-state index in [1.54, 1.807) is 0 Å². The van der Waals surface area contributed by atoms with Crippen molar-refractivity contribution in [2.24, 2.45) is 0 Å². The normalized spacial score (nSPS) is 15.9. The highest BCUT2D eigenvalue weighted by Gasteiger charge is 2.14. The van der Waals surface area contributed by atoms with Gasteiger partial charge in [-0.25, -0.2) is 0 Å². The van der Waals surface area contributed by atoms with Crippen molar-refractivity contribution in [3.8, 4) is 5.75 Å². The number of rotatable bonds is 6. The first-order chi connectivity index (χ1) is 8.81. The number of hydrogen-bond acceptors (Lipinski definition) is 2. The predicted molar refractivity (Wildman–Crippen MR) is 76.3 cm³/mol. The van der Waals surface area contributed by atoms with E-state index in [0.29, 0.717) is 6.04 Å². The van der Waals surface area contributed by atoms with E-state index >= 15 is 0 Å². The van der Waals surface area contributed by atoms with Crippen LogP contribution in [0.15, 0.2) is 18.2 Å². The molecule has 0 spiro atoms. The molecule has 2 rings (SSSR count). The molecule has 2 heteroatoms. The SMILES string of the molecule is CCCNC(C)CCc1cccc2c1OCCC2. The topological polar surface area (TPSA) is 21.3 Å². The fourth-order valence-corrected chi connectivity index (χ4v) is 2.52. The molecule has 1 aliphatic rings. The zero-order chi connectivity index (χ0) is 12.8. The zero-order valence-corrected chi connectivity index (χ0v) is 11.7. The van der Waals surface area contributed by atoms with Crippen LogP contribution < -0.4 is 10.1 Å². The smallest absolute Gasteiger partial charge is 0.125 e. The van der Waals surface area contributed by atoms with E-state index < -0.39 is 0 Å². The minimum Gasteiger partial charge on any atom is -0.493 e. The monoisotopic (exact) mass is 247 g/mol. The number of para-hydroxylation sites is 1. The van der Waals surface area contributed by atoms with Crippen LogP contribution in [0.25, 0.3) is 0 Å². The maximum Gasteiger partial charge on any atom is 0.125 e. The Morgan fingerprint density at radius 1 is 1.39 bits per heavy atom. The molecule has 100 valence electrons. The van der Waals surface area contributed by atoms with Gasteiger partial charge in [0.15, 0.2) is 0 Å². The molecule has 1 atom stereocenters. The first-order valence-corrected chi connectivity index (χ1v) is 7.28. The third kappa shape index (κ3) is 3.49. The van der Waals surface area contributed by atoms with E-state index in [9.17, 15) is 0 Å². The van der Waals surface area contributed by atoms with Crippen LogP contribution in [-0.4, -0.2) is 19.2 Å². The van der Waals surface area contributed by atoms with Gasteiger partial charge < -0.3 is 10.1 Å². The average molecular weight is 247 g/mol. The van der Waals surface area contributed by atoms with Crippen LogP contribution >= 0.6 is 0 Å². The van der Waals surface area contributed by atoms with Gasteiger partial charge in [-0.05, 0) is 56.7 Å². The second-order valence-electron chi connectivity index (χ2n) is 5.25. The lowest BCUT2D eigenvalue weighted by molar-refractivity contribution is 0.284. The Kier molecular flexibility index (Phi) is 5.06. The van der Waals surface area contributed by atoms with Crippen molar-refractivity contribution in [3.63, 3.8) is 0 Å². The third-order valence-electron chi connectivity index (χ3n) is 3.60. The van der Waals surface area contributed by atoms with E-state index in [1.165, 1.54) is 36.1 Å². The summed E-state index contributed by atoms with van der Waals surface area (Å²) >= 11 is 0. The number of ether oxygens (including phenoxy) is 1. The summed E-state index contributed by atoms with van der Waals surface area (Å²) < 4.78 is 5.85. The summed E-state index contributed by atoms with van der Waals surface area (Å²) in [5.74, 6) is 1.17. The summed E-state index contributed by atoms with van der Waals surface area (Å²) in [5, 5.41) is 3.54. The minimum atomic E-state index is 0.587. The van der Waals surface area contributed by atoms with Gasteiger partial charge in [-0.15, -0.1) is 0 Å². The Morgan fingerprint density at radius 3 is 3.11 bits per heavy atom. The lowest BCUT2D eigenvalue weighted by atomic mass is 9.98. The Morgan fingerprint density at radius 2 is 2.28 bits per heavy atom. The molecule has 1 aromatic rings. The molecule has 0 aliphatic carbocycles. The fourth-order valence-electron chi connectivity index (χ4n) is 2.52. The highest BCUT2D eigenvalue weighted by Crippen LogP contribution is 2.29. The van der Waals surface area contributed by atoms with Crippen molar-refractivity contribution < 1.29 is 4.74 Å². The summed E-state index contributed by atoms with van der Waals surface area (Å²) in [6.45, 7) is 6.48. The highest BCUT2D eigenvalue weighted by molar-refractivity contribution is 5.42. The molecule has 0 saturated carbocycles. The molecule has 0 radical (unpaired) electrons. The summed E-state index contributed by atoms with van der Waals surface area (Å²) in [7, 11) is 0. The van der Waals surface area contributed by atoms with Gasteiger partial charge in [-0.3, -0.25) is 0 Å². The number of hydrogen-bond donors (Lipinski definition) is 1. The molecule has 1 unspecified atom stereocenters. The Hall–Kier alpha value is -1.02. The number of nitrogens with one attached hydrogen (secondary N) is 1. The maximum absolute atomic E-state index is 5.85. The van der Waals surface area contributed by atoms with Crippen molar-refractivity contribution in [2.45, 2.75) is 52.0 Å². The van der Waals surface area contributed by atoms with Gasteiger partial charge in [-0.1, -0.05) is 25.1 Å². The number of fused-ring (bicyclic) bond motifs is 1.